The second kappa shape index (κ2) is 47.0. The molecule has 0 aromatic rings. The van der Waals surface area contributed by atoms with E-state index < -0.39 is 24.3 Å². The van der Waals surface area contributed by atoms with E-state index in [1.807, 2.05) is 21.1 Å². The Bertz CT molecular complexity index is 1150. The van der Waals surface area contributed by atoms with Crippen molar-refractivity contribution in [1.82, 2.24) is 0 Å². The Kier molecular flexibility index (Phi) is 45.2. The van der Waals surface area contributed by atoms with Gasteiger partial charge in [0.15, 0.2) is 12.4 Å². The van der Waals surface area contributed by atoms with E-state index in [1.165, 1.54) is 148 Å². The average molecular weight is 904 g/mol. The number of quaternary nitrogens is 1. The molecule has 374 valence electrons. The van der Waals surface area contributed by atoms with Gasteiger partial charge in [-0.15, -0.1) is 0 Å². The number of ether oxygens (including phenoxy) is 4. The summed E-state index contributed by atoms with van der Waals surface area (Å²) in [7, 11) is 5.91. The maximum atomic E-state index is 12.8. The molecule has 0 amide bonds. The van der Waals surface area contributed by atoms with Gasteiger partial charge in [-0.25, -0.2) is 0 Å². The van der Waals surface area contributed by atoms with Crippen molar-refractivity contribution < 1.29 is 42.9 Å². The van der Waals surface area contributed by atoms with Crippen LogP contribution in [0.15, 0.2) is 36.5 Å². The first kappa shape index (κ1) is 61.5. The predicted octanol–water partition coefficient (Wildman–Crippen LogP) is 13.6. The molecule has 0 N–H and O–H groups in total. The summed E-state index contributed by atoms with van der Waals surface area (Å²) in [5.41, 5.74) is 0. The van der Waals surface area contributed by atoms with E-state index >= 15 is 0 Å². The Morgan fingerprint density at radius 1 is 0.484 bits per heavy atom. The van der Waals surface area contributed by atoms with Crippen LogP contribution in [0.2, 0.25) is 0 Å². The Hall–Kier alpha value is -2.49. The highest BCUT2D eigenvalue weighted by Crippen LogP contribution is 2.17. The first-order valence-corrected chi connectivity index (χ1v) is 26.6. The number of nitrogens with zero attached hydrogens (tertiary/aromatic N) is 1. The van der Waals surface area contributed by atoms with Crippen LogP contribution in [0.1, 0.15) is 239 Å². The molecule has 0 aromatic heterocycles. The molecule has 0 saturated heterocycles. The summed E-state index contributed by atoms with van der Waals surface area (Å²) in [5.74, 6) is -2.31. The molecular weight excluding hydrogens is 803 g/mol. The first-order valence-electron chi connectivity index (χ1n) is 26.6. The van der Waals surface area contributed by atoms with Crippen molar-refractivity contribution in [2.24, 2.45) is 0 Å². The first-order chi connectivity index (χ1) is 31.1. The Labute approximate surface area is 394 Å². The number of carboxylic acids is 1. The van der Waals surface area contributed by atoms with Crippen LogP contribution in [0.5, 0.6) is 0 Å². The van der Waals surface area contributed by atoms with E-state index in [9.17, 15) is 19.5 Å². The largest absolute Gasteiger partial charge is 0.545 e. The number of allylic oxidation sites excluding steroid dienone is 6. The molecule has 0 aliphatic heterocycles. The van der Waals surface area contributed by atoms with Gasteiger partial charge in [0.1, 0.15) is 13.2 Å². The van der Waals surface area contributed by atoms with Gasteiger partial charge in [-0.05, 0) is 44.9 Å². The molecule has 2 unspecified atom stereocenters. The molecule has 0 bridgehead atoms. The molecule has 0 aliphatic carbocycles. The van der Waals surface area contributed by atoms with Crippen molar-refractivity contribution in [1.29, 1.82) is 0 Å². The minimum atomic E-state index is -1.63. The lowest BCUT2D eigenvalue weighted by Gasteiger charge is -2.26. The highest BCUT2D eigenvalue weighted by Gasteiger charge is 2.22. The number of hydrogen-bond acceptors (Lipinski definition) is 8. The third-order valence-corrected chi connectivity index (χ3v) is 11.7. The fourth-order valence-corrected chi connectivity index (χ4v) is 7.55. The molecule has 9 heteroatoms. The minimum absolute atomic E-state index is 0.143. The van der Waals surface area contributed by atoms with E-state index in [1.54, 1.807) is 0 Å². The molecule has 0 rings (SSSR count). The molecule has 0 saturated carbocycles. The lowest BCUT2D eigenvalue weighted by Crippen LogP contribution is -2.44. The number of rotatable bonds is 49. The van der Waals surface area contributed by atoms with Crippen molar-refractivity contribution in [2.75, 3.05) is 47.5 Å². The molecule has 0 radical (unpaired) electrons. The highest BCUT2D eigenvalue weighted by molar-refractivity contribution is 5.70. The van der Waals surface area contributed by atoms with Gasteiger partial charge < -0.3 is 33.3 Å². The van der Waals surface area contributed by atoms with Crippen LogP contribution in [0.4, 0.5) is 0 Å². The number of aliphatic carboxylic acids is 1. The molecule has 0 fully saturated rings. The lowest BCUT2D eigenvalue weighted by molar-refractivity contribution is -0.870. The van der Waals surface area contributed by atoms with Gasteiger partial charge in [0.05, 0.1) is 40.3 Å². The summed E-state index contributed by atoms with van der Waals surface area (Å²) in [6.07, 6.45) is 52.1. The van der Waals surface area contributed by atoms with Gasteiger partial charge in [0, 0.05) is 12.8 Å². The van der Waals surface area contributed by atoms with Crippen molar-refractivity contribution in [2.45, 2.75) is 251 Å². The summed E-state index contributed by atoms with van der Waals surface area (Å²) in [6.45, 7) is 4.62. The van der Waals surface area contributed by atoms with Gasteiger partial charge in [0.25, 0.3) is 0 Å². The zero-order chi connectivity index (χ0) is 47.0. The topological polar surface area (TPSA) is 111 Å². The van der Waals surface area contributed by atoms with Crippen LogP contribution >= 0.6 is 0 Å². The second-order valence-corrected chi connectivity index (χ2v) is 19.1. The van der Waals surface area contributed by atoms with Gasteiger partial charge in [-0.3, -0.25) is 9.59 Å². The van der Waals surface area contributed by atoms with Crippen molar-refractivity contribution in [3.63, 3.8) is 0 Å². The number of unbranched alkanes of at least 4 members (excludes halogenated alkanes) is 28. The fourth-order valence-electron chi connectivity index (χ4n) is 7.55. The summed E-state index contributed by atoms with van der Waals surface area (Å²) in [6, 6.07) is 0. The van der Waals surface area contributed by atoms with Gasteiger partial charge in [-0.1, -0.05) is 217 Å². The molecule has 2 atom stereocenters. The van der Waals surface area contributed by atoms with E-state index in [2.05, 4.69) is 50.3 Å². The molecular formula is C55H101NO8. The number of likely N-dealkylation sites (N-methyl/N-ethyl adjacent to an activating group) is 1. The van der Waals surface area contributed by atoms with Crippen LogP contribution in [0.3, 0.4) is 0 Å². The van der Waals surface area contributed by atoms with Crippen molar-refractivity contribution in [3.05, 3.63) is 36.5 Å². The molecule has 0 aromatic carbocycles. The third-order valence-electron chi connectivity index (χ3n) is 11.7. The fraction of sp³-hybridized carbons (Fsp3) is 0.836. The average Bonchev–Trinajstić information content (AvgIpc) is 3.26. The maximum absolute atomic E-state index is 12.8. The van der Waals surface area contributed by atoms with Crippen LogP contribution in [0.25, 0.3) is 0 Å². The normalized spacial score (nSPS) is 13.1. The third kappa shape index (κ3) is 47.5. The zero-order valence-corrected chi connectivity index (χ0v) is 42.4. The van der Waals surface area contributed by atoms with Crippen LogP contribution in [-0.2, 0) is 33.3 Å². The number of hydrogen-bond donors (Lipinski definition) is 0. The van der Waals surface area contributed by atoms with Crippen molar-refractivity contribution >= 4 is 17.9 Å². The standard InChI is InChI=1S/C55H101NO8/c1-6-8-10-12-14-16-18-20-21-22-23-24-25-26-27-28-29-30-31-32-34-35-37-39-41-43-45-52(57)62-49-51(50-63-55(54(59)60)61-48-47-56(3,4)5)64-53(58)46-44-42-40-38-36-33-19-17-15-13-11-9-7-2/h9,11,15,17,33,36,51,55H,6-8,10,12-14,16,18-32,34-35,37-50H2,1-5H3/b11-9-,17-15-,36-33-. The monoisotopic (exact) mass is 904 g/mol. The van der Waals surface area contributed by atoms with E-state index in [0.29, 0.717) is 17.4 Å². The van der Waals surface area contributed by atoms with Crippen LogP contribution < -0.4 is 5.11 Å². The van der Waals surface area contributed by atoms with Gasteiger partial charge in [-0.2, -0.15) is 0 Å². The Balaban J connectivity index is 4.17. The second-order valence-electron chi connectivity index (χ2n) is 19.1. The number of carbonyl (C=O) groups excluding carboxylic acids is 3. The van der Waals surface area contributed by atoms with Crippen molar-refractivity contribution in [3.8, 4) is 0 Å². The number of carboxylic acid groups (broad SMARTS) is 1. The summed E-state index contributed by atoms with van der Waals surface area (Å²) < 4.78 is 22.6. The zero-order valence-electron chi connectivity index (χ0n) is 42.4. The van der Waals surface area contributed by atoms with E-state index in [-0.39, 0.29) is 38.6 Å². The minimum Gasteiger partial charge on any atom is -0.545 e. The summed E-state index contributed by atoms with van der Waals surface area (Å²) in [5, 5.41) is 11.7. The quantitative estimate of drug-likeness (QED) is 0.0195. The molecule has 64 heavy (non-hydrogen) atoms. The van der Waals surface area contributed by atoms with Crippen LogP contribution in [-0.4, -0.2) is 82.3 Å². The number of carbonyl (C=O) groups is 3. The summed E-state index contributed by atoms with van der Waals surface area (Å²) >= 11 is 0. The molecule has 0 heterocycles. The Morgan fingerprint density at radius 2 is 0.891 bits per heavy atom. The SMILES string of the molecule is CC/C=C\C/C=C\C/C=C\CCCCCC(=O)OC(COC(=O)CCCCCCCCCCCCCCCCCCCCCCCCCCCC)COC(OCC[N+](C)(C)C)C(=O)[O-]. The van der Waals surface area contributed by atoms with Crippen LogP contribution in [0, 0.1) is 0 Å². The smallest absolute Gasteiger partial charge is 0.306 e. The van der Waals surface area contributed by atoms with E-state index in [0.717, 1.165) is 57.8 Å². The number of esters is 2. The molecule has 9 nitrogen and oxygen atoms in total. The lowest BCUT2D eigenvalue weighted by atomic mass is 10.0. The van der Waals surface area contributed by atoms with E-state index in [4.69, 9.17) is 18.9 Å². The maximum Gasteiger partial charge on any atom is 0.306 e. The predicted molar refractivity (Wildman–Crippen MR) is 265 cm³/mol. The molecule has 0 spiro atoms. The summed E-state index contributed by atoms with van der Waals surface area (Å²) in [4.78, 5) is 37.1. The van der Waals surface area contributed by atoms with Gasteiger partial charge in [0.2, 0.25) is 0 Å². The molecule has 0 aliphatic rings. The highest BCUT2D eigenvalue weighted by atomic mass is 16.7. The Morgan fingerprint density at radius 3 is 1.33 bits per heavy atom. The van der Waals surface area contributed by atoms with Gasteiger partial charge >= 0.3 is 11.9 Å².